The minimum absolute atomic E-state index is 0.544. The van der Waals surface area contributed by atoms with Gasteiger partial charge in [0.15, 0.2) is 0 Å². The fourth-order valence-corrected chi connectivity index (χ4v) is 1.74. The van der Waals surface area contributed by atoms with Gasteiger partial charge >= 0.3 is 0 Å². The van der Waals surface area contributed by atoms with Crippen LogP contribution in [-0.4, -0.2) is 55.9 Å². The van der Waals surface area contributed by atoms with Crippen LogP contribution in [0.25, 0.3) is 0 Å². The average Bonchev–Trinajstić information content (AvgIpc) is 2.89. The number of anilines is 3. The molecule has 0 spiro atoms. The van der Waals surface area contributed by atoms with Crippen LogP contribution in [0.2, 0.25) is 0 Å². The summed E-state index contributed by atoms with van der Waals surface area (Å²) in [4.78, 5) is 14.7. The van der Waals surface area contributed by atoms with E-state index in [9.17, 15) is 0 Å². The molecule has 2 heterocycles. The van der Waals surface area contributed by atoms with Gasteiger partial charge in [0.1, 0.15) is 0 Å². The lowest BCUT2D eigenvalue weighted by Crippen LogP contribution is -2.19. The minimum atomic E-state index is 0.544. The topological polar surface area (TPSA) is 75.2 Å². The largest absolute Gasteiger partial charge is 0.381 e. The molecule has 0 bridgehead atoms. The second-order valence-electron chi connectivity index (χ2n) is 4.54. The van der Waals surface area contributed by atoms with E-state index in [1.165, 1.54) is 0 Å². The molecule has 18 heavy (non-hydrogen) atoms. The molecule has 0 saturated carbocycles. The monoisotopic (exact) mass is 252 g/mol. The molecule has 0 aliphatic carbocycles. The first-order valence-corrected chi connectivity index (χ1v) is 6.12. The van der Waals surface area contributed by atoms with E-state index in [0.717, 1.165) is 26.2 Å². The third kappa shape index (κ3) is 3.19. The fraction of sp³-hybridized carbons (Fsp3) is 0.727. The molecule has 7 nitrogen and oxygen atoms in total. The highest BCUT2D eigenvalue weighted by Crippen LogP contribution is 2.14. The Balaban J connectivity index is 2.03. The molecule has 2 rings (SSSR count). The Hall–Kier alpha value is -1.63. The Morgan fingerprint density at radius 1 is 1.28 bits per heavy atom. The van der Waals surface area contributed by atoms with Crippen molar-refractivity contribution in [2.24, 2.45) is 5.92 Å². The molecule has 1 saturated heterocycles. The van der Waals surface area contributed by atoms with Gasteiger partial charge in [0, 0.05) is 40.2 Å². The molecule has 100 valence electrons. The van der Waals surface area contributed by atoms with Crippen LogP contribution in [0.1, 0.15) is 6.42 Å². The lowest BCUT2D eigenvalue weighted by molar-refractivity contribution is 0.187. The van der Waals surface area contributed by atoms with Gasteiger partial charge in [-0.2, -0.15) is 15.0 Å². The first-order valence-electron chi connectivity index (χ1n) is 6.12. The van der Waals surface area contributed by atoms with Crippen LogP contribution >= 0.6 is 0 Å². The molecule has 1 aromatic rings. The first kappa shape index (κ1) is 12.8. The average molecular weight is 252 g/mol. The second-order valence-corrected chi connectivity index (χ2v) is 4.54. The van der Waals surface area contributed by atoms with Crippen molar-refractivity contribution < 1.29 is 4.74 Å². The molecule has 2 N–H and O–H groups in total. The van der Waals surface area contributed by atoms with Gasteiger partial charge in [0.05, 0.1) is 6.61 Å². The Bertz CT molecular complexity index is 391. The summed E-state index contributed by atoms with van der Waals surface area (Å²) >= 11 is 0. The number of nitrogens with zero attached hydrogens (tertiary/aromatic N) is 4. The third-order valence-corrected chi connectivity index (χ3v) is 2.82. The van der Waals surface area contributed by atoms with Crippen LogP contribution in [0, 0.1) is 5.92 Å². The summed E-state index contributed by atoms with van der Waals surface area (Å²) < 4.78 is 5.34. The highest BCUT2D eigenvalue weighted by molar-refractivity contribution is 5.42. The van der Waals surface area contributed by atoms with Crippen molar-refractivity contribution in [2.75, 3.05) is 56.4 Å². The standard InChI is InChI=1S/C11H20N6O/c1-12-9-14-10(16-11(15-9)17(2)3)13-6-8-4-5-18-7-8/h8H,4-7H2,1-3H3,(H2,12,13,14,15,16). The van der Waals surface area contributed by atoms with Crippen LogP contribution in [-0.2, 0) is 4.74 Å². The maximum atomic E-state index is 5.34. The maximum absolute atomic E-state index is 5.34. The summed E-state index contributed by atoms with van der Waals surface area (Å²) in [7, 11) is 5.61. The normalized spacial score (nSPS) is 18.7. The molecule has 0 aromatic carbocycles. The quantitative estimate of drug-likeness (QED) is 0.787. The molecular formula is C11H20N6O. The van der Waals surface area contributed by atoms with E-state index < -0.39 is 0 Å². The number of ether oxygens (including phenoxy) is 1. The Morgan fingerprint density at radius 3 is 2.67 bits per heavy atom. The highest BCUT2D eigenvalue weighted by atomic mass is 16.5. The Labute approximate surface area is 107 Å². The SMILES string of the molecule is CNc1nc(NCC2CCOC2)nc(N(C)C)n1. The lowest BCUT2D eigenvalue weighted by Gasteiger charge is -2.14. The summed E-state index contributed by atoms with van der Waals surface area (Å²) in [6.07, 6.45) is 1.09. The molecule has 1 aromatic heterocycles. The van der Waals surface area contributed by atoms with Crippen LogP contribution in [0.5, 0.6) is 0 Å². The number of rotatable bonds is 5. The summed E-state index contributed by atoms with van der Waals surface area (Å²) in [5.74, 6) is 2.35. The molecule has 1 unspecified atom stereocenters. The fourth-order valence-electron chi connectivity index (χ4n) is 1.74. The van der Waals surface area contributed by atoms with Gasteiger partial charge in [-0.05, 0) is 6.42 Å². The van der Waals surface area contributed by atoms with Crippen molar-refractivity contribution in [3.05, 3.63) is 0 Å². The molecule has 1 fully saturated rings. The zero-order chi connectivity index (χ0) is 13.0. The zero-order valence-corrected chi connectivity index (χ0v) is 11.1. The lowest BCUT2D eigenvalue weighted by atomic mass is 10.1. The van der Waals surface area contributed by atoms with Crippen molar-refractivity contribution in [3.63, 3.8) is 0 Å². The smallest absolute Gasteiger partial charge is 0.231 e. The first-order chi connectivity index (χ1) is 8.69. The minimum Gasteiger partial charge on any atom is -0.381 e. The number of aromatic nitrogens is 3. The summed E-state index contributed by atoms with van der Waals surface area (Å²) in [5.41, 5.74) is 0. The van der Waals surface area contributed by atoms with E-state index in [-0.39, 0.29) is 0 Å². The molecule has 7 heteroatoms. The van der Waals surface area contributed by atoms with Gasteiger partial charge in [0.25, 0.3) is 0 Å². The van der Waals surface area contributed by atoms with E-state index >= 15 is 0 Å². The summed E-state index contributed by atoms with van der Waals surface area (Å²) in [6.45, 7) is 2.51. The number of hydrogen-bond donors (Lipinski definition) is 2. The zero-order valence-electron chi connectivity index (χ0n) is 11.1. The highest BCUT2D eigenvalue weighted by Gasteiger charge is 2.16. The third-order valence-electron chi connectivity index (χ3n) is 2.82. The molecule has 1 aliphatic rings. The van der Waals surface area contributed by atoms with E-state index in [2.05, 4.69) is 25.6 Å². The second kappa shape index (κ2) is 5.81. The van der Waals surface area contributed by atoms with Gasteiger partial charge in [-0.3, -0.25) is 0 Å². The van der Waals surface area contributed by atoms with E-state index in [1.54, 1.807) is 7.05 Å². The molecule has 0 amide bonds. The predicted molar refractivity (Wildman–Crippen MR) is 71.1 cm³/mol. The van der Waals surface area contributed by atoms with Crippen LogP contribution in [0.3, 0.4) is 0 Å². The molecule has 0 radical (unpaired) electrons. The van der Waals surface area contributed by atoms with Gasteiger partial charge < -0.3 is 20.3 Å². The molecule has 1 aliphatic heterocycles. The molecular weight excluding hydrogens is 232 g/mol. The number of hydrogen-bond acceptors (Lipinski definition) is 7. The Kier molecular flexibility index (Phi) is 4.14. The van der Waals surface area contributed by atoms with Gasteiger partial charge in [-0.1, -0.05) is 0 Å². The van der Waals surface area contributed by atoms with Crippen LogP contribution < -0.4 is 15.5 Å². The van der Waals surface area contributed by atoms with Crippen molar-refractivity contribution in [1.29, 1.82) is 0 Å². The van der Waals surface area contributed by atoms with Crippen molar-refractivity contribution in [1.82, 2.24) is 15.0 Å². The summed E-state index contributed by atoms with van der Waals surface area (Å²) in [5, 5.41) is 6.18. The van der Waals surface area contributed by atoms with Crippen molar-refractivity contribution in [3.8, 4) is 0 Å². The maximum Gasteiger partial charge on any atom is 0.231 e. The van der Waals surface area contributed by atoms with E-state index in [4.69, 9.17) is 4.74 Å². The molecule has 1 atom stereocenters. The van der Waals surface area contributed by atoms with Crippen molar-refractivity contribution >= 4 is 17.8 Å². The van der Waals surface area contributed by atoms with Crippen LogP contribution in [0.4, 0.5) is 17.8 Å². The van der Waals surface area contributed by atoms with E-state index in [1.807, 2.05) is 19.0 Å². The number of nitrogens with one attached hydrogen (secondary N) is 2. The Morgan fingerprint density at radius 2 is 2.06 bits per heavy atom. The van der Waals surface area contributed by atoms with Crippen LogP contribution in [0.15, 0.2) is 0 Å². The van der Waals surface area contributed by atoms with Gasteiger partial charge in [0.2, 0.25) is 17.8 Å². The predicted octanol–water partition coefficient (Wildman–Crippen LogP) is 0.428. The van der Waals surface area contributed by atoms with Gasteiger partial charge in [-0.15, -0.1) is 0 Å². The summed E-state index contributed by atoms with van der Waals surface area (Å²) in [6, 6.07) is 0. The van der Waals surface area contributed by atoms with Gasteiger partial charge in [-0.25, -0.2) is 0 Å². The van der Waals surface area contributed by atoms with Crippen molar-refractivity contribution in [2.45, 2.75) is 6.42 Å². The van der Waals surface area contributed by atoms with E-state index in [0.29, 0.717) is 23.8 Å².